The molecule has 1 aromatic carbocycles. The standard InChI is InChI=1S/C18H22N2OS/c1-3-19-9-11-20(12-10-19)18(21)16-13-22-14(2)17(16)15-7-5-4-6-8-15/h4-8,13H,3,9-12H2,1-2H3. The van der Waals surface area contributed by atoms with Crippen LogP contribution in [0.2, 0.25) is 0 Å². The Kier molecular flexibility index (Phi) is 4.60. The van der Waals surface area contributed by atoms with Crippen molar-refractivity contribution in [2.75, 3.05) is 32.7 Å². The van der Waals surface area contributed by atoms with Crippen LogP contribution in [0.4, 0.5) is 0 Å². The quantitative estimate of drug-likeness (QED) is 0.865. The van der Waals surface area contributed by atoms with E-state index in [0.29, 0.717) is 0 Å². The smallest absolute Gasteiger partial charge is 0.255 e. The maximum Gasteiger partial charge on any atom is 0.255 e. The summed E-state index contributed by atoms with van der Waals surface area (Å²) in [6.45, 7) is 8.95. The molecule has 4 heteroatoms. The Hall–Kier alpha value is -1.65. The molecule has 1 aliphatic rings. The number of hydrogen-bond donors (Lipinski definition) is 0. The fraction of sp³-hybridized carbons (Fsp3) is 0.389. The zero-order valence-electron chi connectivity index (χ0n) is 13.2. The number of thiophene rings is 1. The molecule has 0 N–H and O–H groups in total. The predicted molar refractivity (Wildman–Crippen MR) is 92.5 cm³/mol. The number of carbonyl (C=O) groups excluding carboxylic acids is 1. The van der Waals surface area contributed by atoms with Crippen molar-refractivity contribution in [1.29, 1.82) is 0 Å². The summed E-state index contributed by atoms with van der Waals surface area (Å²) in [5, 5.41) is 2.02. The van der Waals surface area contributed by atoms with Crippen molar-refractivity contribution in [3.63, 3.8) is 0 Å². The van der Waals surface area contributed by atoms with Gasteiger partial charge in [0.15, 0.2) is 0 Å². The summed E-state index contributed by atoms with van der Waals surface area (Å²) in [4.78, 5) is 18.5. The van der Waals surface area contributed by atoms with Gasteiger partial charge in [0.2, 0.25) is 0 Å². The van der Waals surface area contributed by atoms with Gasteiger partial charge in [0, 0.05) is 42.0 Å². The van der Waals surface area contributed by atoms with Crippen molar-refractivity contribution < 1.29 is 4.79 Å². The average molecular weight is 314 g/mol. The highest BCUT2D eigenvalue weighted by atomic mass is 32.1. The fourth-order valence-corrected chi connectivity index (χ4v) is 3.87. The molecule has 3 rings (SSSR count). The molecule has 0 atom stereocenters. The van der Waals surface area contributed by atoms with Gasteiger partial charge in [-0.2, -0.15) is 0 Å². The summed E-state index contributed by atoms with van der Waals surface area (Å²) in [5.74, 6) is 0.180. The Labute approximate surface area is 136 Å². The molecule has 0 bridgehead atoms. The lowest BCUT2D eigenvalue weighted by Crippen LogP contribution is -2.48. The van der Waals surface area contributed by atoms with Crippen molar-refractivity contribution >= 4 is 17.2 Å². The second-order valence-corrected chi connectivity index (χ2v) is 6.76. The van der Waals surface area contributed by atoms with Gasteiger partial charge in [0.05, 0.1) is 5.56 Å². The number of amides is 1. The van der Waals surface area contributed by atoms with E-state index in [0.717, 1.165) is 49.4 Å². The molecule has 0 saturated carbocycles. The lowest BCUT2D eigenvalue weighted by atomic mass is 10.0. The lowest BCUT2D eigenvalue weighted by molar-refractivity contribution is 0.0644. The van der Waals surface area contributed by atoms with E-state index in [4.69, 9.17) is 0 Å². The molecule has 22 heavy (non-hydrogen) atoms. The van der Waals surface area contributed by atoms with Gasteiger partial charge < -0.3 is 9.80 Å². The third-order valence-corrected chi connectivity index (χ3v) is 5.29. The molecule has 0 radical (unpaired) electrons. The molecular weight excluding hydrogens is 292 g/mol. The lowest BCUT2D eigenvalue weighted by Gasteiger charge is -2.34. The first-order chi connectivity index (χ1) is 10.7. The second kappa shape index (κ2) is 6.63. The molecule has 1 fully saturated rings. The highest BCUT2D eigenvalue weighted by Crippen LogP contribution is 2.33. The number of likely N-dealkylation sites (N-methyl/N-ethyl adjacent to an activating group) is 1. The summed E-state index contributed by atoms with van der Waals surface area (Å²) < 4.78 is 0. The number of hydrogen-bond acceptors (Lipinski definition) is 3. The van der Waals surface area contributed by atoms with Gasteiger partial charge in [-0.15, -0.1) is 11.3 Å². The second-order valence-electron chi connectivity index (χ2n) is 5.67. The number of rotatable bonds is 3. The van der Waals surface area contributed by atoms with E-state index < -0.39 is 0 Å². The topological polar surface area (TPSA) is 23.6 Å². The average Bonchev–Trinajstić information content (AvgIpc) is 2.96. The molecule has 1 saturated heterocycles. The summed E-state index contributed by atoms with van der Waals surface area (Å²) >= 11 is 1.67. The molecule has 0 spiro atoms. The molecule has 3 nitrogen and oxygen atoms in total. The number of carbonyl (C=O) groups is 1. The number of piperazine rings is 1. The van der Waals surface area contributed by atoms with Crippen LogP contribution >= 0.6 is 11.3 Å². The number of nitrogens with zero attached hydrogens (tertiary/aromatic N) is 2. The third-order valence-electron chi connectivity index (χ3n) is 4.37. The van der Waals surface area contributed by atoms with E-state index in [1.54, 1.807) is 11.3 Å². The summed E-state index contributed by atoms with van der Waals surface area (Å²) in [6, 6.07) is 10.2. The molecule has 1 aliphatic heterocycles. The molecule has 116 valence electrons. The first-order valence-electron chi connectivity index (χ1n) is 7.86. The van der Waals surface area contributed by atoms with Gasteiger partial charge in [-0.25, -0.2) is 0 Å². The Morgan fingerprint density at radius 3 is 2.45 bits per heavy atom. The Morgan fingerprint density at radius 2 is 1.82 bits per heavy atom. The van der Waals surface area contributed by atoms with Crippen molar-refractivity contribution in [2.45, 2.75) is 13.8 Å². The first kappa shape index (κ1) is 15.3. The van der Waals surface area contributed by atoms with E-state index in [2.05, 4.69) is 30.9 Å². The Bertz CT molecular complexity index is 642. The van der Waals surface area contributed by atoms with E-state index >= 15 is 0 Å². The van der Waals surface area contributed by atoms with Crippen LogP contribution in [0.5, 0.6) is 0 Å². The molecular formula is C18H22N2OS. The van der Waals surface area contributed by atoms with Crippen molar-refractivity contribution in [2.24, 2.45) is 0 Å². The molecule has 1 aromatic heterocycles. The summed E-state index contributed by atoms with van der Waals surface area (Å²) in [7, 11) is 0. The number of aryl methyl sites for hydroxylation is 1. The largest absolute Gasteiger partial charge is 0.336 e. The summed E-state index contributed by atoms with van der Waals surface area (Å²) in [5.41, 5.74) is 3.10. The van der Waals surface area contributed by atoms with Crippen LogP contribution in [0.15, 0.2) is 35.7 Å². The van der Waals surface area contributed by atoms with Gasteiger partial charge >= 0.3 is 0 Å². The predicted octanol–water partition coefficient (Wildman–Crippen LogP) is 3.50. The van der Waals surface area contributed by atoms with Gasteiger partial charge in [0.1, 0.15) is 0 Å². The SMILES string of the molecule is CCN1CCN(C(=O)c2csc(C)c2-c2ccccc2)CC1. The van der Waals surface area contributed by atoms with E-state index in [9.17, 15) is 4.79 Å². The van der Waals surface area contributed by atoms with Crippen molar-refractivity contribution in [3.8, 4) is 11.1 Å². The maximum atomic E-state index is 12.9. The van der Waals surface area contributed by atoms with Gasteiger partial charge in [-0.05, 0) is 19.0 Å². The van der Waals surface area contributed by atoms with Crippen LogP contribution in [-0.4, -0.2) is 48.4 Å². The first-order valence-corrected chi connectivity index (χ1v) is 8.73. The highest BCUT2D eigenvalue weighted by Gasteiger charge is 2.25. The van der Waals surface area contributed by atoms with E-state index in [1.165, 1.54) is 4.88 Å². The highest BCUT2D eigenvalue weighted by molar-refractivity contribution is 7.10. The van der Waals surface area contributed by atoms with Gasteiger partial charge in [0.25, 0.3) is 5.91 Å². The van der Waals surface area contributed by atoms with Crippen LogP contribution < -0.4 is 0 Å². The summed E-state index contributed by atoms with van der Waals surface area (Å²) in [6.07, 6.45) is 0. The zero-order chi connectivity index (χ0) is 15.5. The zero-order valence-corrected chi connectivity index (χ0v) is 14.0. The minimum absolute atomic E-state index is 0.180. The van der Waals surface area contributed by atoms with Crippen LogP contribution in [0, 0.1) is 6.92 Å². The third kappa shape index (κ3) is 2.94. The molecule has 1 amide bonds. The molecule has 2 heterocycles. The van der Waals surface area contributed by atoms with E-state index in [-0.39, 0.29) is 5.91 Å². The molecule has 0 unspecified atom stereocenters. The maximum absolute atomic E-state index is 12.9. The molecule has 2 aromatic rings. The Morgan fingerprint density at radius 1 is 1.14 bits per heavy atom. The normalized spacial score (nSPS) is 16.0. The van der Waals surface area contributed by atoms with Crippen molar-refractivity contribution in [1.82, 2.24) is 9.80 Å². The Balaban J connectivity index is 1.85. The van der Waals surface area contributed by atoms with Crippen LogP contribution in [0.1, 0.15) is 22.2 Å². The van der Waals surface area contributed by atoms with E-state index in [1.807, 2.05) is 28.5 Å². The van der Waals surface area contributed by atoms with Gasteiger partial charge in [-0.3, -0.25) is 4.79 Å². The van der Waals surface area contributed by atoms with Crippen LogP contribution in [0.25, 0.3) is 11.1 Å². The minimum atomic E-state index is 0.180. The van der Waals surface area contributed by atoms with Gasteiger partial charge in [-0.1, -0.05) is 37.3 Å². The van der Waals surface area contributed by atoms with Crippen molar-refractivity contribution in [3.05, 3.63) is 46.2 Å². The van der Waals surface area contributed by atoms with Crippen LogP contribution in [-0.2, 0) is 0 Å². The molecule has 0 aliphatic carbocycles. The number of benzene rings is 1. The fourth-order valence-electron chi connectivity index (χ4n) is 3.01. The van der Waals surface area contributed by atoms with Crippen LogP contribution in [0.3, 0.4) is 0 Å². The monoisotopic (exact) mass is 314 g/mol. The minimum Gasteiger partial charge on any atom is -0.336 e.